The first-order chi connectivity index (χ1) is 10.9. The van der Waals surface area contributed by atoms with Gasteiger partial charge in [-0.05, 0) is 55.7 Å². The molecule has 0 atom stereocenters. The van der Waals surface area contributed by atoms with Crippen LogP contribution >= 0.6 is 15.9 Å². The van der Waals surface area contributed by atoms with E-state index in [2.05, 4.69) is 47.2 Å². The second-order valence-corrected chi connectivity index (χ2v) is 6.51. The van der Waals surface area contributed by atoms with Gasteiger partial charge in [-0.15, -0.1) is 0 Å². The number of nitrogens with one attached hydrogen (secondary N) is 1. The molecule has 0 spiro atoms. The Labute approximate surface area is 146 Å². The minimum atomic E-state index is -0.00768. The first-order valence-corrected chi connectivity index (χ1v) is 8.49. The van der Waals surface area contributed by atoms with E-state index in [0.29, 0.717) is 13.0 Å². The molecule has 1 N–H and O–H groups in total. The summed E-state index contributed by atoms with van der Waals surface area (Å²) in [5.74, 6) is 0.864. The number of rotatable bonds is 5. The Kier molecular flexibility index (Phi) is 5.83. The zero-order valence-corrected chi connectivity index (χ0v) is 15.6. The van der Waals surface area contributed by atoms with Crippen LogP contribution in [0.25, 0.3) is 0 Å². The van der Waals surface area contributed by atoms with Gasteiger partial charge in [0.05, 0.1) is 0 Å². The van der Waals surface area contributed by atoms with Crippen LogP contribution in [0.5, 0.6) is 5.75 Å². The molecule has 23 heavy (non-hydrogen) atoms. The Balaban J connectivity index is 2.23. The Morgan fingerprint density at radius 2 is 1.83 bits per heavy atom. The molecule has 2 aromatic rings. The Bertz CT molecular complexity index is 726. The number of ether oxygens (including phenoxy) is 1. The predicted octanol–water partition coefficient (Wildman–Crippen LogP) is 5.30. The molecular weight excluding hydrogens is 354 g/mol. The molecule has 3 nitrogen and oxygen atoms in total. The van der Waals surface area contributed by atoms with Crippen LogP contribution in [0.1, 0.15) is 35.6 Å². The summed E-state index contributed by atoms with van der Waals surface area (Å²) in [5.41, 5.74) is 5.29. The lowest BCUT2D eigenvalue weighted by atomic mass is 10.1. The van der Waals surface area contributed by atoms with Gasteiger partial charge in [-0.1, -0.05) is 35.0 Å². The highest BCUT2D eigenvalue weighted by Crippen LogP contribution is 2.28. The van der Waals surface area contributed by atoms with E-state index in [1.165, 1.54) is 11.1 Å². The summed E-state index contributed by atoms with van der Waals surface area (Å²) in [6.45, 7) is 8.44. The molecule has 0 saturated carbocycles. The quantitative estimate of drug-likeness (QED) is 0.769. The molecule has 122 valence electrons. The minimum Gasteiger partial charge on any atom is -0.489 e. The molecule has 0 aliphatic carbocycles. The number of hydrogen-bond donors (Lipinski definition) is 1. The molecule has 0 bridgehead atoms. The average molecular weight is 376 g/mol. The molecule has 4 heteroatoms. The first kappa shape index (κ1) is 17.5. The van der Waals surface area contributed by atoms with Gasteiger partial charge in [-0.3, -0.25) is 4.79 Å². The smallest absolute Gasteiger partial charge is 0.224 e. The van der Waals surface area contributed by atoms with Crippen molar-refractivity contribution in [1.82, 2.24) is 0 Å². The van der Waals surface area contributed by atoms with E-state index >= 15 is 0 Å². The summed E-state index contributed by atoms with van der Waals surface area (Å²) in [6.07, 6.45) is 0.447. The van der Waals surface area contributed by atoms with Crippen molar-refractivity contribution in [3.05, 3.63) is 57.1 Å². The van der Waals surface area contributed by atoms with Gasteiger partial charge in [0.25, 0.3) is 0 Å². The summed E-state index contributed by atoms with van der Waals surface area (Å²) in [5, 5.41) is 2.92. The highest BCUT2D eigenvalue weighted by Gasteiger charge is 2.11. The lowest BCUT2D eigenvalue weighted by molar-refractivity contribution is -0.115. The zero-order valence-electron chi connectivity index (χ0n) is 14.0. The molecule has 2 aromatic carbocycles. The summed E-state index contributed by atoms with van der Waals surface area (Å²) < 4.78 is 6.94. The number of halogens is 1. The molecule has 0 unspecified atom stereocenters. The number of carbonyl (C=O) groups excluding carboxylic acids is 1. The Hall–Kier alpha value is -1.81. The Morgan fingerprint density at radius 3 is 2.52 bits per heavy atom. The van der Waals surface area contributed by atoms with E-state index < -0.39 is 0 Å². The fraction of sp³-hybridized carbons (Fsp3) is 0.316. The minimum absolute atomic E-state index is 0.00768. The van der Waals surface area contributed by atoms with Crippen molar-refractivity contribution >= 4 is 27.5 Å². The monoisotopic (exact) mass is 375 g/mol. The SMILES string of the molecule is CCC(=O)Nc1cccc(Br)c1COc1cc(C)c(C)cc1C. The number of hydrogen-bond acceptors (Lipinski definition) is 2. The average Bonchev–Trinajstić information content (AvgIpc) is 2.51. The fourth-order valence-corrected chi connectivity index (χ4v) is 2.78. The molecule has 0 heterocycles. The predicted molar refractivity (Wildman–Crippen MR) is 98.0 cm³/mol. The highest BCUT2D eigenvalue weighted by molar-refractivity contribution is 9.10. The Morgan fingerprint density at radius 1 is 1.13 bits per heavy atom. The van der Waals surface area contributed by atoms with Gasteiger partial charge in [0.2, 0.25) is 5.91 Å². The van der Waals surface area contributed by atoms with Crippen LogP contribution in [0.4, 0.5) is 5.69 Å². The second kappa shape index (κ2) is 7.64. The number of aryl methyl sites for hydroxylation is 3. The third-order valence-electron chi connectivity index (χ3n) is 3.88. The fourth-order valence-electron chi connectivity index (χ4n) is 2.30. The van der Waals surface area contributed by atoms with Crippen LogP contribution in [0.2, 0.25) is 0 Å². The number of amides is 1. The summed E-state index contributed by atoms with van der Waals surface area (Å²) in [4.78, 5) is 11.7. The van der Waals surface area contributed by atoms with Crippen molar-refractivity contribution in [2.45, 2.75) is 40.7 Å². The van der Waals surface area contributed by atoms with E-state index in [-0.39, 0.29) is 5.91 Å². The van der Waals surface area contributed by atoms with Crippen LogP contribution < -0.4 is 10.1 Å². The molecular formula is C19H22BrNO2. The van der Waals surface area contributed by atoms with Gasteiger partial charge in [-0.25, -0.2) is 0 Å². The van der Waals surface area contributed by atoms with Crippen LogP contribution in [0.3, 0.4) is 0 Å². The van der Waals surface area contributed by atoms with Crippen LogP contribution in [-0.2, 0) is 11.4 Å². The molecule has 0 aromatic heterocycles. The molecule has 0 aliphatic heterocycles. The lowest BCUT2D eigenvalue weighted by Crippen LogP contribution is -2.12. The molecule has 0 aliphatic rings. The van der Waals surface area contributed by atoms with Crippen LogP contribution in [0, 0.1) is 20.8 Å². The van der Waals surface area contributed by atoms with E-state index in [1.54, 1.807) is 0 Å². The lowest BCUT2D eigenvalue weighted by Gasteiger charge is -2.16. The number of carbonyl (C=O) groups is 1. The van der Waals surface area contributed by atoms with E-state index in [0.717, 1.165) is 27.0 Å². The van der Waals surface area contributed by atoms with E-state index in [9.17, 15) is 4.79 Å². The van der Waals surface area contributed by atoms with Gasteiger partial charge in [-0.2, -0.15) is 0 Å². The van der Waals surface area contributed by atoms with Gasteiger partial charge in [0.15, 0.2) is 0 Å². The largest absolute Gasteiger partial charge is 0.489 e. The standard InChI is InChI=1S/C19H22BrNO2/c1-5-19(22)21-17-8-6-7-16(20)15(17)11-23-18-10-13(3)12(2)9-14(18)4/h6-10H,5,11H2,1-4H3,(H,21,22). The summed E-state index contributed by atoms with van der Waals surface area (Å²) in [6, 6.07) is 9.94. The van der Waals surface area contributed by atoms with Gasteiger partial charge >= 0.3 is 0 Å². The van der Waals surface area contributed by atoms with Crippen LogP contribution in [-0.4, -0.2) is 5.91 Å². The maximum absolute atomic E-state index is 11.7. The third kappa shape index (κ3) is 4.35. The van der Waals surface area contributed by atoms with Crippen molar-refractivity contribution in [3.63, 3.8) is 0 Å². The van der Waals surface area contributed by atoms with Gasteiger partial charge in [0.1, 0.15) is 12.4 Å². The second-order valence-electron chi connectivity index (χ2n) is 5.66. The van der Waals surface area contributed by atoms with Gasteiger partial charge in [0, 0.05) is 22.1 Å². The van der Waals surface area contributed by atoms with Crippen molar-refractivity contribution in [2.24, 2.45) is 0 Å². The molecule has 0 fully saturated rings. The zero-order chi connectivity index (χ0) is 17.0. The van der Waals surface area contributed by atoms with Crippen molar-refractivity contribution in [1.29, 1.82) is 0 Å². The van der Waals surface area contributed by atoms with Crippen molar-refractivity contribution < 1.29 is 9.53 Å². The van der Waals surface area contributed by atoms with E-state index in [4.69, 9.17) is 4.74 Å². The summed E-state index contributed by atoms with van der Waals surface area (Å²) >= 11 is 3.55. The molecule has 0 radical (unpaired) electrons. The van der Waals surface area contributed by atoms with Crippen LogP contribution in [0.15, 0.2) is 34.8 Å². The molecule has 2 rings (SSSR count). The van der Waals surface area contributed by atoms with E-state index in [1.807, 2.05) is 32.0 Å². The maximum Gasteiger partial charge on any atom is 0.224 e. The van der Waals surface area contributed by atoms with Crippen molar-refractivity contribution in [2.75, 3.05) is 5.32 Å². The third-order valence-corrected chi connectivity index (χ3v) is 4.62. The highest BCUT2D eigenvalue weighted by atomic mass is 79.9. The normalized spacial score (nSPS) is 10.5. The topological polar surface area (TPSA) is 38.3 Å². The molecule has 0 saturated heterocycles. The van der Waals surface area contributed by atoms with Crippen molar-refractivity contribution in [3.8, 4) is 5.75 Å². The van der Waals surface area contributed by atoms with Gasteiger partial charge < -0.3 is 10.1 Å². The number of benzene rings is 2. The first-order valence-electron chi connectivity index (χ1n) is 7.70. The maximum atomic E-state index is 11.7. The summed E-state index contributed by atoms with van der Waals surface area (Å²) in [7, 11) is 0. The number of anilines is 1. The molecule has 1 amide bonds.